The quantitative estimate of drug-likeness (QED) is 0.693. The van der Waals surface area contributed by atoms with Gasteiger partial charge in [0.05, 0.1) is 12.7 Å². The molecule has 0 aliphatic carbocycles. The third-order valence-electron chi connectivity index (χ3n) is 2.93. The molecule has 3 nitrogen and oxygen atoms in total. The maximum Gasteiger partial charge on any atom is 0.124 e. The molecular formula is C16H26ClNO2. The number of hydrogen-bond donors (Lipinski definition) is 1. The van der Waals surface area contributed by atoms with Crippen LogP contribution in [0.1, 0.15) is 45.7 Å². The van der Waals surface area contributed by atoms with E-state index in [1.54, 1.807) is 0 Å². The molecule has 1 aromatic rings. The van der Waals surface area contributed by atoms with Gasteiger partial charge in [0.1, 0.15) is 12.4 Å². The lowest BCUT2D eigenvalue weighted by molar-refractivity contribution is 0.0549. The molecule has 0 spiro atoms. The second-order valence-corrected chi connectivity index (χ2v) is 5.56. The van der Waals surface area contributed by atoms with Crippen molar-refractivity contribution in [1.29, 1.82) is 0 Å². The van der Waals surface area contributed by atoms with Gasteiger partial charge in [-0.3, -0.25) is 0 Å². The third kappa shape index (κ3) is 6.12. The van der Waals surface area contributed by atoms with Crippen molar-refractivity contribution >= 4 is 11.6 Å². The molecule has 0 saturated carbocycles. The van der Waals surface area contributed by atoms with E-state index in [1.807, 2.05) is 32.0 Å². The standard InChI is InChI=1S/C16H26ClNO2/c1-5-8-18-13(4)15-11-14(17)6-7-16(15)20-10-9-19-12(2)3/h6-7,11-13,18H,5,8-10H2,1-4H3. The lowest BCUT2D eigenvalue weighted by atomic mass is 10.1. The SMILES string of the molecule is CCCNC(C)c1cc(Cl)ccc1OCCOC(C)C. The minimum atomic E-state index is 0.217. The van der Waals surface area contributed by atoms with Gasteiger partial charge in [0.15, 0.2) is 0 Å². The topological polar surface area (TPSA) is 30.5 Å². The van der Waals surface area contributed by atoms with Gasteiger partial charge < -0.3 is 14.8 Å². The van der Waals surface area contributed by atoms with E-state index in [2.05, 4.69) is 19.2 Å². The highest BCUT2D eigenvalue weighted by Gasteiger charge is 2.12. The highest BCUT2D eigenvalue weighted by Crippen LogP contribution is 2.28. The molecule has 0 aliphatic heterocycles. The molecule has 20 heavy (non-hydrogen) atoms. The number of ether oxygens (including phenoxy) is 2. The highest BCUT2D eigenvalue weighted by molar-refractivity contribution is 6.30. The number of hydrogen-bond acceptors (Lipinski definition) is 3. The van der Waals surface area contributed by atoms with Crippen LogP contribution in [0.25, 0.3) is 0 Å². The summed E-state index contributed by atoms with van der Waals surface area (Å²) in [5.41, 5.74) is 1.09. The first-order chi connectivity index (χ1) is 9.54. The summed E-state index contributed by atoms with van der Waals surface area (Å²) in [6, 6.07) is 5.97. The average Bonchev–Trinajstić information content (AvgIpc) is 2.41. The van der Waals surface area contributed by atoms with E-state index in [1.165, 1.54) is 0 Å². The number of halogens is 1. The number of benzene rings is 1. The fourth-order valence-electron chi connectivity index (χ4n) is 1.90. The molecule has 0 amide bonds. The van der Waals surface area contributed by atoms with Gasteiger partial charge in [-0.05, 0) is 51.9 Å². The second kappa shape index (κ2) is 9.22. The van der Waals surface area contributed by atoms with Gasteiger partial charge >= 0.3 is 0 Å². The zero-order chi connectivity index (χ0) is 15.0. The molecule has 1 atom stereocenters. The Balaban J connectivity index is 2.64. The summed E-state index contributed by atoms with van der Waals surface area (Å²) >= 11 is 6.09. The van der Waals surface area contributed by atoms with Crippen molar-refractivity contribution in [3.05, 3.63) is 28.8 Å². The van der Waals surface area contributed by atoms with Crippen LogP contribution in [0.2, 0.25) is 5.02 Å². The molecule has 1 rings (SSSR count). The Hall–Kier alpha value is -0.770. The molecule has 4 heteroatoms. The van der Waals surface area contributed by atoms with Crippen molar-refractivity contribution in [3.8, 4) is 5.75 Å². The zero-order valence-electron chi connectivity index (χ0n) is 12.9. The predicted molar refractivity (Wildman–Crippen MR) is 84.7 cm³/mol. The fraction of sp³-hybridized carbons (Fsp3) is 0.625. The van der Waals surface area contributed by atoms with Crippen molar-refractivity contribution < 1.29 is 9.47 Å². The number of rotatable bonds is 9. The van der Waals surface area contributed by atoms with Crippen molar-refractivity contribution in [2.75, 3.05) is 19.8 Å². The summed E-state index contributed by atoms with van der Waals surface area (Å²) in [7, 11) is 0. The van der Waals surface area contributed by atoms with Crippen molar-refractivity contribution in [2.45, 2.75) is 46.3 Å². The Bertz CT molecular complexity index is 396. The van der Waals surface area contributed by atoms with E-state index in [4.69, 9.17) is 21.1 Å². The smallest absolute Gasteiger partial charge is 0.124 e. The van der Waals surface area contributed by atoms with Crippen LogP contribution in [-0.2, 0) is 4.74 Å². The largest absolute Gasteiger partial charge is 0.491 e. The fourth-order valence-corrected chi connectivity index (χ4v) is 2.08. The summed E-state index contributed by atoms with van der Waals surface area (Å²) in [5, 5.41) is 4.19. The van der Waals surface area contributed by atoms with E-state index in [0.717, 1.165) is 29.3 Å². The summed E-state index contributed by atoms with van der Waals surface area (Å²) in [5.74, 6) is 0.873. The molecule has 1 unspecified atom stereocenters. The normalized spacial score (nSPS) is 12.7. The lowest BCUT2D eigenvalue weighted by Crippen LogP contribution is -2.20. The predicted octanol–water partition coefficient (Wildman–Crippen LogP) is 4.20. The van der Waals surface area contributed by atoms with Gasteiger partial charge in [0.25, 0.3) is 0 Å². The van der Waals surface area contributed by atoms with Gasteiger partial charge in [-0.2, -0.15) is 0 Å². The summed E-state index contributed by atoms with van der Waals surface area (Å²) in [6.07, 6.45) is 1.33. The molecule has 1 aromatic carbocycles. The first kappa shape index (κ1) is 17.3. The highest BCUT2D eigenvalue weighted by atomic mass is 35.5. The van der Waals surface area contributed by atoms with Crippen molar-refractivity contribution in [3.63, 3.8) is 0 Å². The van der Waals surface area contributed by atoms with Gasteiger partial charge in [0.2, 0.25) is 0 Å². The maximum absolute atomic E-state index is 6.09. The summed E-state index contributed by atoms with van der Waals surface area (Å²) < 4.78 is 11.3. The summed E-state index contributed by atoms with van der Waals surface area (Å²) in [4.78, 5) is 0. The number of nitrogens with one attached hydrogen (secondary N) is 1. The van der Waals surface area contributed by atoms with Crippen LogP contribution in [0, 0.1) is 0 Å². The minimum Gasteiger partial charge on any atom is -0.491 e. The van der Waals surface area contributed by atoms with Crippen molar-refractivity contribution in [1.82, 2.24) is 5.32 Å². The van der Waals surface area contributed by atoms with E-state index in [0.29, 0.717) is 13.2 Å². The minimum absolute atomic E-state index is 0.217. The molecule has 114 valence electrons. The maximum atomic E-state index is 6.09. The molecule has 0 aliphatic rings. The van der Waals surface area contributed by atoms with Gasteiger partial charge in [0, 0.05) is 16.6 Å². The monoisotopic (exact) mass is 299 g/mol. The van der Waals surface area contributed by atoms with E-state index in [9.17, 15) is 0 Å². The van der Waals surface area contributed by atoms with Gasteiger partial charge in [-0.15, -0.1) is 0 Å². The Morgan fingerprint density at radius 3 is 2.60 bits per heavy atom. The van der Waals surface area contributed by atoms with Crippen molar-refractivity contribution in [2.24, 2.45) is 0 Å². The molecule has 0 heterocycles. The van der Waals surface area contributed by atoms with E-state index < -0.39 is 0 Å². The molecular weight excluding hydrogens is 274 g/mol. The van der Waals surface area contributed by atoms with E-state index in [-0.39, 0.29) is 12.1 Å². The van der Waals surface area contributed by atoms with Crippen LogP contribution in [0.5, 0.6) is 5.75 Å². The molecule has 1 N–H and O–H groups in total. The Labute approximate surface area is 127 Å². The zero-order valence-corrected chi connectivity index (χ0v) is 13.7. The van der Waals surface area contributed by atoms with Crippen LogP contribution in [-0.4, -0.2) is 25.9 Å². The third-order valence-corrected chi connectivity index (χ3v) is 3.17. The van der Waals surface area contributed by atoms with Crippen LogP contribution in [0.3, 0.4) is 0 Å². The van der Waals surface area contributed by atoms with Crippen LogP contribution >= 0.6 is 11.6 Å². The summed E-state index contributed by atoms with van der Waals surface area (Å²) in [6.45, 7) is 10.4. The van der Waals surface area contributed by atoms with Gasteiger partial charge in [-0.1, -0.05) is 18.5 Å². The Morgan fingerprint density at radius 2 is 1.95 bits per heavy atom. The van der Waals surface area contributed by atoms with Crippen LogP contribution in [0.4, 0.5) is 0 Å². The Morgan fingerprint density at radius 1 is 1.20 bits per heavy atom. The second-order valence-electron chi connectivity index (χ2n) is 5.13. The molecule has 0 aromatic heterocycles. The van der Waals surface area contributed by atoms with Gasteiger partial charge in [-0.25, -0.2) is 0 Å². The first-order valence-electron chi connectivity index (χ1n) is 7.31. The average molecular weight is 300 g/mol. The molecule has 0 radical (unpaired) electrons. The first-order valence-corrected chi connectivity index (χ1v) is 7.69. The lowest BCUT2D eigenvalue weighted by Gasteiger charge is -2.19. The molecule has 0 fully saturated rings. The van der Waals surface area contributed by atoms with E-state index >= 15 is 0 Å². The Kier molecular flexibility index (Phi) is 7.97. The van der Waals surface area contributed by atoms with Crippen LogP contribution < -0.4 is 10.1 Å². The molecule has 0 saturated heterocycles. The van der Waals surface area contributed by atoms with Crippen LogP contribution in [0.15, 0.2) is 18.2 Å². The molecule has 0 bridgehead atoms.